The molecule has 0 aliphatic rings. The van der Waals surface area contributed by atoms with Crippen molar-refractivity contribution in [2.45, 2.75) is 71.6 Å². The van der Waals surface area contributed by atoms with Crippen molar-refractivity contribution < 1.29 is 0 Å². The van der Waals surface area contributed by atoms with Crippen LogP contribution in [0.3, 0.4) is 0 Å². The lowest BCUT2D eigenvalue weighted by Gasteiger charge is -2.07. The van der Waals surface area contributed by atoms with Gasteiger partial charge in [0.15, 0.2) is 0 Å². The van der Waals surface area contributed by atoms with Gasteiger partial charge in [-0.25, -0.2) is 0 Å². The Morgan fingerprint density at radius 1 is 0.391 bits per heavy atom. The molecule has 0 aliphatic heterocycles. The average molecular weight is 395 g/mol. The van der Waals surface area contributed by atoms with Crippen molar-refractivity contribution in [3.8, 4) is 0 Å². The molecule has 6 heteroatoms. The van der Waals surface area contributed by atoms with E-state index in [-0.39, 0.29) is 37.2 Å². The van der Waals surface area contributed by atoms with Gasteiger partial charge in [0.1, 0.15) is 0 Å². The highest BCUT2D eigenvalue weighted by molar-refractivity contribution is 5.86. The topological polar surface area (TPSA) is 36.1 Å². The van der Waals surface area contributed by atoms with Crippen LogP contribution < -0.4 is 16.0 Å². The fourth-order valence-electron chi connectivity index (χ4n) is 2.24. The lowest BCUT2D eigenvalue weighted by Crippen LogP contribution is -2.30. The summed E-state index contributed by atoms with van der Waals surface area (Å²) in [4.78, 5) is 0. The summed E-state index contributed by atoms with van der Waals surface area (Å²) in [6.07, 6.45) is 12.1. The molecular weight excluding hydrogens is 353 g/mol. The van der Waals surface area contributed by atoms with E-state index in [0.29, 0.717) is 0 Å². The van der Waals surface area contributed by atoms with E-state index in [9.17, 15) is 0 Å². The maximum absolute atomic E-state index is 3.52. The van der Waals surface area contributed by atoms with Crippen molar-refractivity contribution in [3.05, 3.63) is 0 Å². The summed E-state index contributed by atoms with van der Waals surface area (Å²) in [6, 6.07) is 0. The highest BCUT2D eigenvalue weighted by Gasteiger charge is 1.91. The molecule has 3 nitrogen and oxygen atoms in total. The third kappa shape index (κ3) is 31.1. The van der Waals surface area contributed by atoms with Crippen molar-refractivity contribution in [1.29, 1.82) is 0 Å². The zero-order valence-electron chi connectivity index (χ0n) is 15.3. The minimum atomic E-state index is 0. The molecule has 0 saturated heterocycles. The predicted molar refractivity (Wildman–Crippen MR) is 113 cm³/mol. The van der Waals surface area contributed by atoms with Crippen molar-refractivity contribution in [1.82, 2.24) is 16.0 Å². The van der Waals surface area contributed by atoms with E-state index in [0.717, 1.165) is 26.2 Å². The SMILES string of the molecule is CCCCCCNCCCNCCNCCCCCC.Cl.Cl.Cl. The molecular formula is C17H42Cl3N3. The molecule has 0 heterocycles. The van der Waals surface area contributed by atoms with Gasteiger partial charge in [0.05, 0.1) is 0 Å². The van der Waals surface area contributed by atoms with Crippen LogP contribution in [-0.4, -0.2) is 39.3 Å². The van der Waals surface area contributed by atoms with Crippen LogP contribution in [-0.2, 0) is 0 Å². The molecule has 0 radical (unpaired) electrons. The first-order valence-corrected chi connectivity index (χ1v) is 9.04. The van der Waals surface area contributed by atoms with Crippen LogP contribution in [0.5, 0.6) is 0 Å². The third-order valence-corrected chi connectivity index (χ3v) is 3.60. The van der Waals surface area contributed by atoms with Gasteiger partial charge in [-0.1, -0.05) is 52.4 Å². The smallest absolute Gasteiger partial charge is 0.00767 e. The Morgan fingerprint density at radius 3 is 1.13 bits per heavy atom. The summed E-state index contributed by atoms with van der Waals surface area (Å²) in [6.45, 7) is 11.4. The van der Waals surface area contributed by atoms with Crippen molar-refractivity contribution in [2.75, 3.05) is 39.3 Å². The molecule has 0 rings (SSSR count). The van der Waals surface area contributed by atoms with E-state index >= 15 is 0 Å². The zero-order valence-corrected chi connectivity index (χ0v) is 17.8. The monoisotopic (exact) mass is 393 g/mol. The van der Waals surface area contributed by atoms with Gasteiger partial charge in [0.25, 0.3) is 0 Å². The molecule has 0 fully saturated rings. The lowest BCUT2D eigenvalue weighted by atomic mass is 10.2. The Kier molecular flexibility index (Phi) is 41.9. The van der Waals surface area contributed by atoms with Crippen LogP contribution in [0, 0.1) is 0 Å². The van der Waals surface area contributed by atoms with Crippen LogP contribution >= 0.6 is 37.2 Å². The van der Waals surface area contributed by atoms with Crippen LogP contribution in [0.2, 0.25) is 0 Å². The largest absolute Gasteiger partial charge is 0.317 e. The van der Waals surface area contributed by atoms with Crippen molar-refractivity contribution >= 4 is 37.2 Å². The summed E-state index contributed by atoms with van der Waals surface area (Å²) in [7, 11) is 0. The van der Waals surface area contributed by atoms with Gasteiger partial charge in [-0.15, -0.1) is 37.2 Å². The predicted octanol–water partition coefficient (Wildman–Crippen LogP) is 4.57. The second-order valence-electron chi connectivity index (χ2n) is 5.72. The Morgan fingerprint density at radius 2 is 0.739 bits per heavy atom. The lowest BCUT2D eigenvalue weighted by molar-refractivity contribution is 0.546. The molecule has 0 aromatic heterocycles. The summed E-state index contributed by atoms with van der Waals surface area (Å²) in [5.41, 5.74) is 0. The first-order chi connectivity index (χ1) is 9.91. The minimum absolute atomic E-state index is 0. The molecule has 0 unspecified atom stereocenters. The van der Waals surface area contributed by atoms with Gasteiger partial charge in [0, 0.05) is 13.1 Å². The maximum Gasteiger partial charge on any atom is 0.00767 e. The maximum atomic E-state index is 3.52. The Bertz CT molecular complexity index is 157. The molecule has 0 aromatic carbocycles. The van der Waals surface area contributed by atoms with E-state index < -0.39 is 0 Å². The Labute approximate surface area is 164 Å². The zero-order chi connectivity index (χ0) is 14.7. The quantitative estimate of drug-likeness (QED) is 0.316. The molecule has 0 aliphatic carbocycles. The van der Waals surface area contributed by atoms with Gasteiger partial charge >= 0.3 is 0 Å². The first kappa shape index (κ1) is 31.5. The van der Waals surface area contributed by atoms with Gasteiger partial charge in [0.2, 0.25) is 0 Å². The summed E-state index contributed by atoms with van der Waals surface area (Å²) in [5, 5.41) is 10.5. The fourth-order valence-corrected chi connectivity index (χ4v) is 2.24. The van der Waals surface area contributed by atoms with Gasteiger partial charge < -0.3 is 16.0 Å². The van der Waals surface area contributed by atoms with E-state index in [1.54, 1.807) is 0 Å². The number of rotatable bonds is 17. The minimum Gasteiger partial charge on any atom is -0.317 e. The number of halogens is 3. The van der Waals surface area contributed by atoms with E-state index in [1.165, 1.54) is 70.9 Å². The van der Waals surface area contributed by atoms with Crippen LogP contribution in [0.25, 0.3) is 0 Å². The van der Waals surface area contributed by atoms with Gasteiger partial charge in [-0.05, 0) is 45.4 Å². The van der Waals surface area contributed by atoms with Crippen LogP contribution in [0.4, 0.5) is 0 Å². The first-order valence-electron chi connectivity index (χ1n) is 9.04. The van der Waals surface area contributed by atoms with E-state index in [1.807, 2.05) is 0 Å². The molecule has 0 spiro atoms. The Hall–Kier alpha value is 0.750. The molecule has 0 amide bonds. The third-order valence-electron chi connectivity index (χ3n) is 3.60. The normalized spacial score (nSPS) is 9.65. The summed E-state index contributed by atoms with van der Waals surface area (Å²) >= 11 is 0. The molecule has 23 heavy (non-hydrogen) atoms. The van der Waals surface area contributed by atoms with E-state index in [2.05, 4.69) is 29.8 Å². The highest BCUT2D eigenvalue weighted by Crippen LogP contribution is 1.97. The Balaban J connectivity index is -0.000000602. The second kappa shape index (κ2) is 30.6. The fraction of sp³-hybridized carbons (Fsp3) is 1.00. The molecule has 146 valence electrons. The number of nitrogens with one attached hydrogen (secondary N) is 3. The molecule has 3 N–H and O–H groups in total. The second-order valence-corrected chi connectivity index (χ2v) is 5.72. The molecule has 0 atom stereocenters. The standard InChI is InChI=1S/C17H39N3.3ClH/c1-3-5-7-9-12-18-14-11-15-20-17-16-19-13-10-8-6-4-2;;;/h18-20H,3-17H2,1-2H3;3*1H. The average Bonchev–Trinajstić information content (AvgIpc) is 2.47. The summed E-state index contributed by atoms with van der Waals surface area (Å²) in [5.74, 6) is 0. The summed E-state index contributed by atoms with van der Waals surface area (Å²) < 4.78 is 0. The molecule has 0 saturated carbocycles. The van der Waals surface area contributed by atoms with Gasteiger partial charge in [-0.3, -0.25) is 0 Å². The van der Waals surface area contributed by atoms with Crippen LogP contribution in [0.1, 0.15) is 71.6 Å². The molecule has 0 bridgehead atoms. The van der Waals surface area contributed by atoms with Crippen molar-refractivity contribution in [3.63, 3.8) is 0 Å². The number of hydrogen-bond acceptors (Lipinski definition) is 3. The van der Waals surface area contributed by atoms with Crippen molar-refractivity contribution in [2.24, 2.45) is 0 Å². The van der Waals surface area contributed by atoms with Gasteiger partial charge in [-0.2, -0.15) is 0 Å². The van der Waals surface area contributed by atoms with E-state index in [4.69, 9.17) is 0 Å². The number of unbranched alkanes of at least 4 members (excludes halogenated alkanes) is 6. The molecule has 0 aromatic rings. The number of hydrogen-bond donors (Lipinski definition) is 3. The van der Waals surface area contributed by atoms with Crippen LogP contribution in [0.15, 0.2) is 0 Å². The highest BCUT2D eigenvalue weighted by atomic mass is 35.5.